The Labute approximate surface area is 166 Å². The van der Waals surface area contributed by atoms with E-state index in [-0.39, 0.29) is 5.75 Å². The highest BCUT2D eigenvalue weighted by Gasteiger charge is 2.27. The molecule has 0 aliphatic carbocycles. The lowest BCUT2D eigenvalue weighted by atomic mass is 10.2. The van der Waals surface area contributed by atoms with Gasteiger partial charge in [0.25, 0.3) is 0 Å². The number of hydrogen-bond acceptors (Lipinski definition) is 7. The molecule has 1 fully saturated rings. The monoisotopic (exact) mass is 408 g/mol. The maximum absolute atomic E-state index is 12.4. The van der Waals surface area contributed by atoms with Crippen LogP contribution in [0.15, 0.2) is 28.8 Å². The summed E-state index contributed by atoms with van der Waals surface area (Å²) in [6, 6.07) is 7.47. The third-order valence-corrected chi connectivity index (χ3v) is 6.76. The molecule has 1 aliphatic rings. The quantitative estimate of drug-likeness (QED) is 0.662. The Hall–Kier alpha value is -1.97. The van der Waals surface area contributed by atoms with Gasteiger partial charge >= 0.3 is 0 Å². The molecule has 1 aliphatic heterocycles. The largest absolute Gasteiger partial charge is 0.497 e. The van der Waals surface area contributed by atoms with Crippen molar-refractivity contribution in [3.05, 3.63) is 30.2 Å². The number of sulfonamides is 1. The summed E-state index contributed by atoms with van der Waals surface area (Å²) in [5, 5.41) is 4.04. The zero-order valence-electron chi connectivity index (χ0n) is 16.7. The minimum Gasteiger partial charge on any atom is -0.497 e. The normalized spacial score (nSPS) is 16.6. The zero-order chi connectivity index (χ0) is 20.1. The summed E-state index contributed by atoms with van der Waals surface area (Å²) in [5.41, 5.74) is 0.858. The number of aromatic nitrogens is 2. The number of methoxy groups -OCH3 is 1. The molecule has 154 valence electrons. The van der Waals surface area contributed by atoms with Gasteiger partial charge in [0.15, 0.2) is 0 Å². The van der Waals surface area contributed by atoms with E-state index < -0.39 is 10.0 Å². The van der Waals surface area contributed by atoms with Crippen molar-refractivity contribution >= 4 is 10.0 Å². The molecule has 0 atom stereocenters. The van der Waals surface area contributed by atoms with Crippen molar-refractivity contribution < 1.29 is 17.7 Å². The second-order valence-electron chi connectivity index (χ2n) is 7.41. The molecule has 2 heterocycles. The summed E-state index contributed by atoms with van der Waals surface area (Å²) in [7, 11) is -1.55. The van der Waals surface area contributed by atoms with Crippen LogP contribution in [0.3, 0.4) is 0 Å². The van der Waals surface area contributed by atoms with Gasteiger partial charge in [0.05, 0.1) is 19.4 Å². The SMILES string of the molecule is COc1ccc(-c2noc(CN3CCN(S(=O)(=O)CCC(C)C)CC3)n2)cc1. The lowest BCUT2D eigenvalue weighted by molar-refractivity contribution is 0.163. The summed E-state index contributed by atoms with van der Waals surface area (Å²) < 4.78 is 37.0. The summed E-state index contributed by atoms with van der Waals surface area (Å²) in [6.45, 7) is 6.90. The molecular weight excluding hydrogens is 380 g/mol. The molecule has 0 N–H and O–H groups in total. The van der Waals surface area contributed by atoms with E-state index in [2.05, 4.69) is 15.0 Å². The van der Waals surface area contributed by atoms with E-state index in [9.17, 15) is 8.42 Å². The fraction of sp³-hybridized carbons (Fsp3) is 0.579. The van der Waals surface area contributed by atoms with Crippen molar-refractivity contribution in [2.45, 2.75) is 26.8 Å². The first-order valence-electron chi connectivity index (χ1n) is 9.54. The minimum absolute atomic E-state index is 0.222. The van der Waals surface area contributed by atoms with Gasteiger partial charge in [-0.15, -0.1) is 0 Å². The van der Waals surface area contributed by atoms with Gasteiger partial charge in [-0.3, -0.25) is 4.90 Å². The Kier molecular flexibility index (Phi) is 6.69. The molecule has 0 radical (unpaired) electrons. The van der Waals surface area contributed by atoms with E-state index in [1.165, 1.54) is 0 Å². The highest BCUT2D eigenvalue weighted by molar-refractivity contribution is 7.89. The molecule has 2 aromatic rings. The van der Waals surface area contributed by atoms with E-state index in [1.807, 2.05) is 38.1 Å². The van der Waals surface area contributed by atoms with Crippen LogP contribution in [0.4, 0.5) is 0 Å². The van der Waals surface area contributed by atoms with E-state index in [0.29, 0.717) is 56.8 Å². The Morgan fingerprint density at radius 3 is 2.43 bits per heavy atom. The average Bonchev–Trinajstić information content (AvgIpc) is 3.15. The summed E-state index contributed by atoms with van der Waals surface area (Å²) in [4.78, 5) is 6.59. The Bertz CT molecular complexity index is 856. The molecule has 9 heteroatoms. The van der Waals surface area contributed by atoms with Crippen molar-refractivity contribution in [1.82, 2.24) is 19.3 Å². The average molecular weight is 409 g/mol. The van der Waals surface area contributed by atoms with Gasteiger partial charge in [-0.2, -0.15) is 9.29 Å². The maximum Gasteiger partial charge on any atom is 0.241 e. The Balaban J connectivity index is 1.53. The number of hydrogen-bond donors (Lipinski definition) is 0. The fourth-order valence-electron chi connectivity index (χ4n) is 3.05. The number of ether oxygens (including phenoxy) is 1. The van der Waals surface area contributed by atoms with Crippen LogP contribution in [-0.4, -0.2) is 66.8 Å². The van der Waals surface area contributed by atoms with Gasteiger partial charge in [0.2, 0.25) is 21.7 Å². The third kappa shape index (κ3) is 5.30. The molecule has 0 saturated carbocycles. The first kappa shape index (κ1) is 20.8. The van der Waals surface area contributed by atoms with Crippen molar-refractivity contribution in [2.75, 3.05) is 39.0 Å². The molecule has 0 amide bonds. The first-order chi connectivity index (χ1) is 13.4. The maximum atomic E-state index is 12.4. The molecule has 0 unspecified atom stereocenters. The van der Waals surface area contributed by atoms with Crippen molar-refractivity contribution in [3.63, 3.8) is 0 Å². The van der Waals surface area contributed by atoms with E-state index in [4.69, 9.17) is 9.26 Å². The summed E-state index contributed by atoms with van der Waals surface area (Å²) >= 11 is 0. The topological polar surface area (TPSA) is 88.8 Å². The fourth-order valence-corrected chi connectivity index (χ4v) is 4.79. The zero-order valence-corrected chi connectivity index (χ0v) is 17.5. The standard InChI is InChI=1S/C19H28N4O4S/c1-15(2)8-13-28(24,25)23-11-9-22(10-12-23)14-18-20-19(21-27-18)16-4-6-17(26-3)7-5-16/h4-7,15H,8-14H2,1-3H3. The molecule has 3 rings (SSSR count). The second-order valence-corrected chi connectivity index (χ2v) is 9.50. The van der Waals surface area contributed by atoms with Crippen LogP contribution in [0, 0.1) is 5.92 Å². The van der Waals surface area contributed by atoms with Crippen molar-refractivity contribution in [2.24, 2.45) is 5.92 Å². The van der Waals surface area contributed by atoms with Crippen LogP contribution < -0.4 is 4.74 Å². The molecule has 0 spiro atoms. The molecule has 1 aromatic carbocycles. The predicted octanol–water partition coefficient (Wildman–Crippen LogP) is 2.24. The van der Waals surface area contributed by atoms with E-state index in [1.54, 1.807) is 11.4 Å². The Morgan fingerprint density at radius 1 is 1.14 bits per heavy atom. The number of benzene rings is 1. The lowest BCUT2D eigenvalue weighted by Crippen LogP contribution is -2.48. The molecule has 1 saturated heterocycles. The van der Waals surface area contributed by atoms with Gasteiger partial charge in [0, 0.05) is 31.7 Å². The lowest BCUT2D eigenvalue weighted by Gasteiger charge is -2.33. The minimum atomic E-state index is -3.17. The van der Waals surface area contributed by atoms with Crippen LogP contribution >= 0.6 is 0 Å². The number of nitrogens with zero attached hydrogens (tertiary/aromatic N) is 4. The van der Waals surface area contributed by atoms with Crippen LogP contribution in [0.2, 0.25) is 0 Å². The highest BCUT2D eigenvalue weighted by atomic mass is 32.2. The van der Waals surface area contributed by atoms with Gasteiger partial charge in [0.1, 0.15) is 5.75 Å². The smallest absolute Gasteiger partial charge is 0.241 e. The number of rotatable bonds is 8. The summed E-state index contributed by atoms with van der Waals surface area (Å²) in [6.07, 6.45) is 0.693. The Morgan fingerprint density at radius 2 is 1.82 bits per heavy atom. The molecule has 1 aromatic heterocycles. The predicted molar refractivity (Wildman–Crippen MR) is 106 cm³/mol. The third-order valence-electron chi connectivity index (χ3n) is 4.85. The van der Waals surface area contributed by atoms with Gasteiger partial charge in [-0.05, 0) is 36.6 Å². The molecule has 8 nitrogen and oxygen atoms in total. The molecule has 28 heavy (non-hydrogen) atoms. The summed E-state index contributed by atoms with van der Waals surface area (Å²) in [5.74, 6) is 2.44. The van der Waals surface area contributed by atoms with Gasteiger partial charge < -0.3 is 9.26 Å². The van der Waals surface area contributed by atoms with Crippen molar-refractivity contribution in [3.8, 4) is 17.1 Å². The van der Waals surface area contributed by atoms with Crippen LogP contribution in [-0.2, 0) is 16.6 Å². The molecular formula is C19H28N4O4S. The van der Waals surface area contributed by atoms with Crippen LogP contribution in [0.5, 0.6) is 5.75 Å². The van der Waals surface area contributed by atoms with Gasteiger partial charge in [-0.1, -0.05) is 19.0 Å². The van der Waals surface area contributed by atoms with Crippen LogP contribution in [0.1, 0.15) is 26.2 Å². The van der Waals surface area contributed by atoms with E-state index >= 15 is 0 Å². The van der Waals surface area contributed by atoms with Crippen LogP contribution in [0.25, 0.3) is 11.4 Å². The first-order valence-corrected chi connectivity index (χ1v) is 11.2. The number of piperazine rings is 1. The van der Waals surface area contributed by atoms with Gasteiger partial charge in [-0.25, -0.2) is 8.42 Å². The molecule has 0 bridgehead atoms. The van der Waals surface area contributed by atoms with E-state index in [0.717, 1.165) is 11.3 Å². The van der Waals surface area contributed by atoms with Crippen molar-refractivity contribution in [1.29, 1.82) is 0 Å². The second kappa shape index (κ2) is 9.02. The highest BCUT2D eigenvalue weighted by Crippen LogP contribution is 2.20.